The summed E-state index contributed by atoms with van der Waals surface area (Å²) in [5.41, 5.74) is 0. The second-order valence-electron chi connectivity index (χ2n) is 7.26. The molecule has 0 aromatic rings. The molecule has 0 saturated carbocycles. The third-order valence-electron chi connectivity index (χ3n) is 5.47. The Bertz CT molecular complexity index is 443. The smallest absolute Gasteiger partial charge is 0.234 e. The van der Waals surface area contributed by atoms with Crippen LogP contribution in [0.5, 0.6) is 0 Å². The molecule has 130 valence electrons. The fourth-order valence-corrected chi connectivity index (χ4v) is 4.54. The summed E-state index contributed by atoms with van der Waals surface area (Å²) in [6.07, 6.45) is 4.97. The van der Waals surface area contributed by atoms with Gasteiger partial charge in [0.2, 0.25) is 11.8 Å². The molecule has 3 rings (SSSR count). The van der Waals surface area contributed by atoms with Crippen LogP contribution in [-0.2, 0) is 14.3 Å². The van der Waals surface area contributed by atoms with E-state index < -0.39 is 0 Å². The van der Waals surface area contributed by atoms with Gasteiger partial charge in [-0.25, -0.2) is 0 Å². The zero-order chi connectivity index (χ0) is 16.2. The zero-order valence-electron chi connectivity index (χ0n) is 14.1. The van der Waals surface area contributed by atoms with Gasteiger partial charge in [-0.1, -0.05) is 0 Å². The third kappa shape index (κ3) is 4.04. The molecule has 0 aliphatic carbocycles. The van der Waals surface area contributed by atoms with E-state index in [1.54, 1.807) is 7.11 Å². The van der Waals surface area contributed by atoms with Gasteiger partial charge in [0.15, 0.2) is 0 Å². The maximum atomic E-state index is 12.1. The van der Waals surface area contributed by atoms with Crippen LogP contribution < -0.4 is 5.32 Å². The van der Waals surface area contributed by atoms with Crippen molar-refractivity contribution in [2.45, 2.75) is 38.1 Å². The van der Waals surface area contributed by atoms with Crippen LogP contribution in [0.25, 0.3) is 0 Å². The Kier molecular flexibility index (Phi) is 5.54. The summed E-state index contributed by atoms with van der Waals surface area (Å²) >= 11 is 0. The molecule has 0 unspecified atom stereocenters. The summed E-state index contributed by atoms with van der Waals surface area (Å²) < 4.78 is 4.99. The van der Waals surface area contributed by atoms with Gasteiger partial charge in [0.05, 0.1) is 6.54 Å². The molecule has 2 bridgehead atoms. The van der Waals surface area contributed by atoms with Gasteiger partial charge in [-0.05, 0) is 37.5 Å². The summed E-state index contributed by atoms with van der Waals surface area (Å²) in [6.45, 7) is 4.64. The van der Waals surface area contributed by atoms with E-state index in [2.05, 4.69) is 15.1 Å². The zero-order valence-corrected chi connectivity index (χ0v) is 14.1. The second kappa shape index (κ2) is 7.62. The second-order valence-corrected chi connectivity index (χ2v) is 7.26. The largest absolute Gasteiger partial charge is 0.385 e. The predicted octanol–water partition coefficient (Wildman–Crippen LogP) is 0.472. The Morgan fingerprint density at radius 2 is 2.22 bits per heavy atom. The minimum atomic E-state index is 0.109. The monoisotopic (exact) mass is 323 g/mol. The van der Waals surface area contributed by atoms with E-state index in [1.165, 1.54) is 6.42 Å². The molecule has 3 fully saturated rings. The molecule has 0 spiro atoms. The summed E-state index contributed by atoms with van der Waals surface area (Å²) in [5.74, 6) is 1.54. The summed E-state index contributed by atoms with van der Waals surface area (Å²) in [6, 6.07) is 0.417. The lowest BCUT2D eigenvalue weighted by molar-refractivity contribution is -0.145. The van der Waals surface area contributed by atoms with Crippen LogP contribution in [0.4, 0.5) is 0 Å². The van der Waals surface area contributed by atoms with E-state index in [1.807, 2.05) is 0 Å². The van der Waals surface area contributed by atoms with Gasteiger partial charge in [-0.2, -0.15) is 0 Å². The highest BCUT2D eigenvalue weighted by atomic mass is 16.5. The number of methoxy groups -OCH3 is 1. The lowest BCUT2D eigenvalue weighted by Crippen LogP contribution is -2.61. The minimum Gasteiger partial charge on any atom is -0.385 e. The lowest BCUT2D eigenvalue weighted by atomic mass is 9.76. The average molecular weight is 323 g/mol. The molecule has 3 aliphatic rings. The minimum absolute atomic E-state index is 0.109. The molecule has 1 N–H and O–H groups in total. The van der Waals surface area contributed by atoms with Crippen LogP contribution in [0.1, 0.15) is 32.1 Å². The van der Waals surface area contributed by atoms with Gasteiger partial charge in [-0.15, -0.1) is 0 Å². The van der Waals surface area contributed by atoms with Crippen molar-refractivity contribution in [3.05, 3.63) is 0 Å². The Balaban J connectivity index is 1.49. The van der Waals surface area contributed by atoms with Crippen molar-refractivity contribution in [3.63, 3.8) is 0 Å². The number of nitrogens with one attached hydrogen (secondary N) is 1. The number of rotatable bonds is 6. The predicted molar refractivity (Wildman–Crippen MR) is 86.9 cm³/mol. The summed E-state index contributed by atoms with van der Waals surface area (Å²) in [5, 5.41) is 2.97. The molecule has 3 heterocycles. The summed E-state index contributed by atoms with van der Waals surface area (Å²) in [4.78, 5) is 28.6. The van der Waals surface area contributed by atoms with Gasteiger partial charge >= 0.3 is 0 Å². The van der Waals surface area contributed by atoms with Crippen LogP contribution in [0, 0.1) is 11.8 Å². The van der Waals surface area contributed by atoms with Gasteiger partial charge in [0, 0.05) is 52.4 Å². The number of ether oxygens (including phenoxy) is 1. The highest BCUT2D eigenvalue weighted by Crippen LogP contribution is 2.37. The number of piperidine rings is 3. The maximum absolute atomic E-state index is 12.1. The molecule has 0 aromatic carbocycles. The topological polar surface area (TPSA) is 61.9 Å². The first-order valence-corrected chi connectivity index (χ1v) is 8.95. The van der Waals surface area contributed by atoms with Crippen LogP contribution in [0.3, 0.4) is 0 Å². The maximum Gasteiger partial charge on any atom is 0.234 e. The van der Waals surface area contributed by atoms with Gasteiger partial charge in [-0.3, -0.25) is 14.5 Å². The van der Waals surface area contributed by atoms with E-state index in [4.69, 9.17) is 4.74 Å². The highest BCUT2D eigenvalue weighted by Gasteiger charge is 2.43. The van der Waals surface area contributed by atoms with Crippen LogP contribution in [-0.4, -0.2) is 74.1 Å². The molecule has 6 nitrogen and oxygen atoms in total. The first kappa shape index (κ1) is 16.7. The van der Waals surface area contributed by atoms with E-state index in [0.29, 0.717) is 43.5 Å². The average Bonchev–Trinajstić information content (AvgIpc) is 2.53. The van der Waals surface area contributed by atoms with Gasteiger partial charge < -0.3 is 15.0 Å². The SMILES string of the molecule is COCCCNC(=O)CN1C[C@H]2C[C@H](C1)[C@H]1CCCC(=O)N1C2. The molecule has 23 heavy (non-hydrogen) atoms. The number of hydrogen-bond donors (Lipinski definition) is 1. The number of hydrogen-bond acceptors (Lipinski definition) is 4. The summed E-state index contributed by atoms with van der Waals surface area (Å²) in [7, 11) is 1.67. The van der Waals surface area contributed by atoms with Crippen molar-refractivity contribution >= 4 is 11.8 Å². The highest BCUT2D eigenvalue weighted by molar-refractivity contribution is 5.78. The van der Waals surface area contributed by atoms with Gasteiger partial charge in [0.25, 0.3) is 0 Å². The quantitative estimate of drug-likeness (QED) is 0.722. The molecular formula is C17H29N3O3. The third-order valence-corrected chi connectivity index (χ3v) is 5.47. The first-order valence-electron chi connectivity index (χ1n) is 8.95. The molecule has 6 heteroatoms. The molecule has 3 atom stereocenters. The van der Waals surface area contributed by atoms with Gasteiger partial charge in [0.1, 0.15) is 0 Å². The van der Waals surface area contributed by atoms with Crippen LogP contribution >= 0.6 is 0 Å². The fraction of sp³-hybridized carbons (Fsp3) is 0.882. The molecule has 2 amide bonds. The standard InChI is InChI=1S/C17H29N3O3/c1-23-7-3-6-18-16(21)12-19-9-13-8-14(11-19)15-4-2-5-17(22)20(15)10-13/h13-15H,2-12H2,1H3,(H,18,21)/t13-,14-,15-/m1/s1. The molecule has 0 aromatic heterocycles. The van der Waals surface area contributed by atoms with Crippen LogP contribution in [0.2, 0.25) is 0 Å². The van der Waals surface area contributed by atoms with Crippen molar-refractivity contribution in [1.82, 2.24) is 15.1 Å². The van der Waals surface area contributed by atoms with E-state index in [-0.39, 0.29) is 5.91 Å². The van der Waals surface area contributed by atoms with Crippen molar-refractivity contribution in [2.24, 2.45) is 11.8 Å². The number of nitrogens with zero attached hydrogens (tertiary/aromatic N) is 2. The molecular weight excluding hydrogens is 294 g/mol. The number of fused-ring (bicyclic) bond motifs is 4. The van der Waals surface area contributed by atoms with Crippen molar-refractivity contribution < 1.29 is 14.3 Å². The van der Waals surface area contributed by atoms with Crippen molar-refractivity contribution in [1.29, 1.82) is 0 Å². The van der Waals surface area contributed by atoms with Crippen molar-refractivity contribution in [3.8, 4) is 0 Å². The Labute approximate surface area is 138 Å². The molecule has 0 radical (unpaired) electrons. The normalized spacial score (nSPS) is 30.9. The molecule has 3 aliphatic heterocycles. The van der Waals surface area contributed by atoms with E-state index in [0.717, 1.165) is 45.3 Å². The number of carbonyl (C=O) groups is 2. The Hall–Kier alpha value is -1.14. The number of likely N-dealkylation sites (tertiary alicyclic amines) is 1. The Morgan fingerprint density at radius 1 is 1.35 bits per heavy atom. The van der Waals surface area contributed by atoms with Crippen molar-refractivity contribution in [2.75, 3.05) is 46.4 Å². The Morgan fingerprint density at radius 3 is 3.04 bits per heavy atom. The van der Waals surface area contributed by atoms with E-state index >= 15 is 0 Å². The van der Waals surface area contributed by atoms with Crippen LogP contribution in [0.15, 0.2) is 0 Å². The fourth-order valence-electron chi connectivity index (χ4n) is 4.54. The first-order chi connectivity index (χ1) is 11.2. The number of amides is 2. The lowest BCUT2D eigenvalue weighted by Gasteiger charge is -2.52. The molecule has 3 saturated heterocycles. The van der Waals surface area contributed by atoms with E-state index in [9.17, 15) is 9.59 Å². The number of carbonyl (C=O) groups excluding carboxylic acids is 2.